The summed E-state index contributed by atoms with van der Waals surface area (Å²) >= 11 is 5.83. The van der Waals surface area contributed by atoms with Gasteiger partial charge in [-0.05, 0) is 35.5 Å². The van der Waals surface area contributed by atoms with Gasteiger partial charge >= 0.3 is 0 Å². The second kappa shape index (κ2) is 7.35. The number of tetrazole rings is 1. The number of halogens is 1. The number of aliphatic hydroxyl groups is 1. The van der Waals surface area contributed by atoms with E-state index in [-0.39, 0.29) is 13.2 Å². The molecule has 0 spiro atoms. The predicted octanol–water partition coefficient (Wildman–Crippen LogP) is 1.50. The largest absolute Gasteiger partial charge is 0.439 e. The Hall–Kier alpha value is -2.55. The fraction of sp³-hybridized carbons (Fsp3) is 0.200. The highest BCUT2D eigenvalue weighted by Gasteiger charge is 2.09. The van der Waals surface area contributed by atoms with Crippen LogP contribution >= 0.6 is 11.6 Å². The average Bonchev–Trinajstić information content (AvgIpc) is 3.06. The van der Waals surface area contributed by atoms with Crippen LogP contribution < -0.4 is 10.5 Å². The Morgan fingerprint density at radius 3 is 2.67 bits per heavy atom. The number of aliphatic hydroxyl groups excluding tert-OH is 1. The summed E-state index contributed by atoms with van der Waals surface area (Å²) in [6, 6.07) is 10.1. The molecule has 3 aromatic rings. The molecule has 0 aliphatic heterocycles. The molecule has 2 aromatic heterocycles. The van der Waals surface area contributed by atoms with Crippen LogP contribution in [0.1, 0.15) is 0 Å². The number of nitrogens with zero attached hydrogens (tertiary/aromatic N) is 5. The first-order chi connectivity index (χ1) is 11.6. The van der Waals surface area contributed by atoms with Gasteiger partial charge in [0.05, 0.1) is 13.2 Å². The Labute approximate surface area is 142 Å². The molecule has 0 amide bonds. The first-order valence-corrected chi connectivity index (χ1v) is 7.56. The number of hydrogen-bond donors (Lipinski definition) is 2. The highest BCUT2D eigenvalue weighted by molar-refractivity contribution is 6.30. The summed E-state index contributed by atoms with van der Waals surface area (Å²) in [7, 11) is 0. The first kappa shape index (κ1) is 16.3. The Balaban J connectivity index is 1.69. The van der Waals surface area contributed by atoms with Crippen molar-refractivity contribution < 1.29 is 9.84 Å². The average molecular weight is 347 g/mol. The molecule has 2 heterocycles. The lowest BCUT2D eigenvalue weighted by Gasteiger charge is -2.05. The summed E-state index contributed by atoms with van der Waals surface area (Å²) in [4.78, 5) is 5.56. The minimum atomic E-state index is -0.430. The molecule has 0 aliphatic rings. The molecule has 3 N–H and O–H groups in total. The molecule has 0 radical (unpaired) electrons. The molecule has 0 aliphatic carbocycles. The summed E-state index contributed by atoms with van der Waals surface area (Å²) < 4.78 is 5.62. The monoisotopic (exact) mass is 346 g/mol. The standard InChI is InChI=1S/C15H15ClN6O2/c16-11-2-4-13(5-3-11)24-14-6-1-10(7-18-14)15-19-21-22(20-15)8-12(17)9-23/h1-7,12,23H,8-9,17H2. The van der Waals surface area contributed by atoms with Crippen molar-refractivity contribution in [3.05, 3.63) is 47.6 Å². The number of nitrogens with two attached hydrogens (primary N) is 1. The van der Waals surface area contributed by atoms with Gasteiger partial charge in [0, 0.05) is 28.9 Å². The molecular formula is C15H15ClN6O2. The first-order valence-electron chi connectivity index (χ1n) is 7.18. The molecule has 0 saturated carbocycles. The van der Waals surface area contributed by atoms with Crippen LogP contribution in [0.3, 0.4) is 0 Å². The fourth-order valence-electron chi connectivity index (χ4n) is 1.90. The van der Waals surface area contributed by atoms with Crippen LogP contribution in [0.15, 0.2) is 42.6 Å². The maximum Gasteiger partial charge on any atom is 0.219 e. The third-order valence-electron chi connectivity index (χ3n) is 3.12. The summed E-state index contributed by atoms with van der Waals surface area (Å²) in [5.74, 6) is 1.50. The number of aromatic nitrogens is 5. The van der Waals surface area contributed by atoms with E-state index in [0.717, 1.165) is 0 Å². The summed E-state index contributed by atoms with van der Waals surface area (Å²) in [6.45, 7) is 0.143. The molecule has 24 heavy (non-hydrogen) atoms. The lowest BCUT2D eigenvalue weighted by Crippen LogP contribution is -2.30. The van der Waals surface area contributed by atoms with Crippen LogP contribution in [0.4, 0.5) is 0 Å². The van der Waals surface area contributed by atoms with Crippen LogP contribution in [0, 0.1) is 0 Å². The van der Waals surface area contributed by atoms with Gasteiger partial charge in [-0.3, -0.25) is 0 Å². The van der Waals surface area contributed by atoms with Crippen molar-refractivity contribution in [3.63, 3.8) is 0 Å². The van der Waals surface area contributed by atoms with Crippen LogP contribution in [0.2, 0.25) is 5.02 Å². The van der Waals surface area contributed by atoms with Crippen LogP contribution in [-0.2, 0) is 6.54 Å². The Kier molecular flexibility index (Phi) is 4.99. The van der Waals surface area contributed by atoms with Gasteiger partial charge in [-0.2, -0.15) is 4.80 Å². The quantitative estimate of drug-likeness (QED) is 0.695. The predicted molar refractivity (Wildman–Crippen MR) is 87.6 cm³/mol. The van der Waals surface area contributed by atoms with Gasteiger partial charge in [0.25, 0.3) is 0 Å². The zero-order valence-corrected chi connectivity index (χ0v) is 13.3. The molecule has 1 atom stereocenters. The number of benzene rings is 1. The fourth-order valence-corrected chi connectivity index (χ4v) is 2.03. The van der Waals surface area contributed by atoms with Crippen molar-refractivity contribution in [1.82, 2.24) is 25.2 Å². The van der Waals surface area contributed by atoms with E-state index in [0.29, 0.717) is 28.0 Å². The van der Waals surface area contributed by atoms with E-state index in [9.17, 15) is 0 Å². The van der Waals surface area contributed by atoms with Crippen molar-refractivity contribution in [3.8, 4) is 23.0 Å². The highest BCUT2D eigenvalue weighted by atomic mass is 35.5. The molecule has 1 aromatic carbocycles. The topological polar surface area (TPSA) is 112 Å². The lowest BCUT2D eigenvalue weighted by atomic mass is 10.3. The van der Waals surface area contributed by atoms with E-state index in [2.05, 4.69) is 20.4 Å². The smallest absolute Gasteiger partial charge is 0.219 e. The second-order valence-corrected chi connectivity index (χ2v) is 5.49. The van der Waals surface area contributed by atoms with Gasteiger partial charge < -0.3 is 15.6 Å². The second-order valence-electron chi connectivity index (χ2n) is 5.05. The number of hydrogen-bond acceptors (Lipinski definition) is 7. The Morgan fingerprint density at radius 1 is 1.21 bits per heavy atom. The van der Waals surface area contributed by atoms with E-state index in [4.69, 9.17) is 27.2 Å². The number of ether oxygens (including phenoxy) is 1. The van der Waals surface area contributed by atoms with E-state index in [1.165, 1.54) is 4.80 Å². The van der Waals surface area contributed by atoms with E-state index < -0.39 is 6.04 Å². The van der Waals surface area contributed by atoms with Gasteiger partial charge in [0.2, 0.25) is 11.7 Å². The Bertz CT molecular complexity index is 790. The minimum absolute atomic E-state index is 0.144. The van der Waals surface area contributed by atoms with Gasteiger partial charge in [-0.1, -0.05) is 11.6 Å². The highest BCUT2D eigenvalue weighted by Crippen LogP contribution is 2.23. The Morgan fingerprint density at radius 2 is 2.00 bits per heavy atom. The van der Waals surface area contributed by atoms with Gasteiger partial charge in [-0.15, -0.1) is 10.2 Å². The maximum absolute atomic E-state index is 8.94. The van der Waals surface area contributed by atoms with Crippen molar-refractivity contribution >= 4 is 11.6 Å². The lowest BCUT2D eigenvalue weighted by molar-refractivity contribution is 0.245. The van der Waals surface area contributed by atoms with Crippen molar-refractivity contribution in [1.29, 1.82) is 0 Å². The van der Waals surface area contributed by atoms with Crippen LogP contribution in [-0.4, -0.2) is 42.9 Å². The van der Waals surface area contributed by atoms with E-state index in [1.54, 1.807) is 42.6 Å². The normalized spacial score (nSPS) is 12.1. The minimum Gasteiger partial charge on any atom is -0.439 e. The third-order valence-corrected chi connectivity index (χ3v) is 3.37. The SMILES string of the molecule is NC(CO)Cn1nnc(-c2ccc(Oc3ccc(Cl)cc3)nc2)n1. The van der Waals surface area contributed by atoms with Crippen LogP contribution in [0.25, 0.3) is 11.4 Å². The molecule has 0 saturated heterocycles. The molecule has 1 unspecified atom stereocenters. The molecular weight excluding hydrogens is 332 g/mol. The molecule has 0 fully saturated rings. The van der Waals surface area contributed by atoms with Crippen molar-refractivity contribution in [2.45, 2.75) is 12.6 Å². The zero-order chi connectivity index (χ0) is 16.9. The van der Waals surface area contributed by atoms with E-state index in [1.807, 2.05) is 0 Å². The van der Waals surface area contributed by atoms with Crippen molar-refractivity contribution in [2.75, 3.05) is 6.61 Å². The van der Waals surface area contributed by atoms with E-state index >= 15 is 0 Å². The number of pyridine rings is 1. The molecule has 124 valence electrons. The zero-order valence-electron chi connectivity index (χ0n) is 12.6. The van der Waals surface area contributed by atoms with Gasteiger partial charge in [-0.25, -0.2) is 4.98 Å². The summed E-state index contributed by atoms with van der Waals surface area (Å²) in [6.07, 6.45) is 1.60. The van der Waals surface area contributed by atoms with Crippen molar-refractivity contribution in [2.24, 2.45) is 5.73 Å². The molecule has 8 nitrogen and oxygen atoms in total. The molecule has 3 rings (SSSR count). The summed E-state index contributed by atoms with van der Waals surface area (Å²) in [5.41, 5.74) is 6.34. The third kappa shape index (κ3) is 4.05. The number of rotatable bonds is 6. The summed E-state index contributed by atoms with van der Waals surface area (Å²) in [5, 5.41) is 21.6. The van der Waals surface area contributed by atoms with Gasteiger partial charge in [0.15, 0.2) is 0 Å². The maximum atomic E-state index is 8.94. The van der Waals surface area contributed by atoms with Crippen LogP contribution in [0.5, 0.6) is 11.6 Å². The molecule has 9 heteroatoms. The van der Waals surface area contributed by atoms with Gasteiger partial charge in [0.1, 0.15) is 5.75 Å². The molecule has 0 bridgehead atoms.